The van der Waals surface area contributed by atoms with Crippen LogP contribution in [0.15, 0.2) is 0 Å². The summed E-state index contributed by atoms with van der Waals surface area (Å²) in [6.45, 7) is 7.93. The largest absolute Gasteiger partial charge is 0.299 e. The number of hydrogen-bond donors (Lipinski definition) is 0. The first kappa shape index (κ1) is 13.0. The lowest BCUT2D eigenvalue weighted by atomic mass is 9.95. The van der Waals surface area contributed by atoms with Crippen molar-refractivity contribution < 1.29 is 8.42 Å². The van der Waals surface area contributed by atoms with Crippen molar-refractivity contribution in [2.75, 3.05) is 24.6 Å². The van der Waals surface area contributed by atoms with Gasteiger partial charge in [0.2, 0.25) is 0 Å². The van der Waals surface area contributed by atoms with Crippen molar-refractivity contribution in [2.45, 2.75) is 39.7 Å². The summed E-state index contributed by atoms with van der Waals surface area (Å²) in [6, 6.07) is 0.549. The Morgan fingerprint density at radius 2 is 1.93 bits per heavy atom. The summed E-state index contributed by atoms with van der Waals surface area (Å²) in [5, 5.41) is 0. The summed E-state index contributed by atoms with van der Waals surface area (Å²) >= 11 is 0. The molecular formula is C11H23NO2S. The fraction of sp³-hybridized carbons (Fsp3) is 1.00. The van der Waals surface area contributed by atoms with Gasteiger partial charge in [0.15, 0.2) is 9.84 Å². The summed E-state index contributed by atoms with van der Waals surface area (Å²) in [5.74, 6) is 1.30. The zero-order valence-corrected chi connectivity index (χ0v) is 10.9. The Labute approximate surface area is 93.8 Å². The fourth-order valence-corrected chi connectivity index (χ4v) is 2.89. The Hall–Kier alpha value is -0.0900. The van der Waals surface area contributed by atoms with Gasteiger partial charge in [0.05, 0.1) is 5.75 Å². The first-order valence-corrected chi connectivity index (χ1v) is 7.71. The van der Waals surface area contributed by atoms with Crippen LogP contribution in [-0.4, -0.2) is 44.0 Å². The second kappa shape index (κ2) is 5.30. The molecule has 1 aliphatic rings. The molecule has 1 aliphatic heterocycles. The van der Waals surface area contributed by atoms with Gasteiger partial charge in [-0.05, 0) is 25.7 Å². The number of nitrogens with zero attached hydrogens (tertiary/aromatic N) is 1. The predicted octanol–water partition coefficient (Wildman–Crippen LogP) is 1.54. The minimum Gasteiger partial charge on any atom is -0.299 e. The Kier molecular flexibility index (Phi) is 4.59. The van der Waals surface area contributed by atoms with Gasteiger partial charge in [-0.25, -0.2) is 8.42 Å². The molecule has 90 valence electrons. The number of likely N-dealkylation sites (tertiary alicyclic amines) is 1. The van der Waals surface area contributed by atoms with Crippen LogP contribution < -0.4 is 0 Å². The van der Waals surface area contributed by atoms with Gasteiger partial charge in [0.1, 0.15) is 0 Å². The highest BCUT2D eigenvalue weighted by Gasteiger charge is 2.23. The average molecular weight is 233 g/mol. The zero-order valence-electron chi connectivity index (χ0n) is 10.1. The molecule has 0 N–H and O–H groups in total. The quantitative estimate of drug-likeness (QED) is 0.739. The summed E-state index contributed by atoms with van der Waals surface area (Å²) in [7, 11) is -2.80. The molecule has 0 aromatic rings. The third kappa shape index (κ3) is 4.11. The lowest BCUT2D eigenvalue weighted by molar-refractivity contribution is 0.133. The van der Waals surface area contributed by atoms with E-state index in [9.17, 15) is 8.42 Å². The van der Waals surface area contributed by atoms with E-state index in [0.29, 0.717) is 24.3 Å². The number of sulfone groups is 1. The predicted molar refractivity (Wildman–Crippen MR) is 63.8 cm³/mol. The van der Waals surface area contributed by atoms with Gasteiger partial charge in [0.25, 0.3) is 0 Å². The van der Waals surface area contributed by atoms with Crippen LogP contribution in [0.3, 0.4) is 0 Å². The SMILES string of the molecule is CCS(=O)(=O)CCN1C[C@@H](C)CC[C@@H]1C. The molecule has 0 aliphatic carbocycles. The second-order valence-corrected chi connectivity index (χ2v) is 7.24. The Morgan fingerprint density at radius 3 is 2.53 bits per heavy atom. The molecular weight excluding hydrogens is 210 g/mol. The van der Waals surface area contributed by atoms with E-state index in [1.54, 1.807) is 6.92 Å². The smallest absolute Gasteiger partial charge is 0.151 e. The summed E-state index contributed by atoms with van der Waals surface area (Å²) in [5.41, 5.74) is 0. The molecule has 2 atom stereocenters. The molecule has 3 nitrogen and oxygen atoms in total. The Bertz CT molecular complexity index is 287. The van der Waals surface area contributed by atoms with Crippen molar-refractivity contribution in [1.82, 2.24) is 4.90 Å². The molecule has 0 unspecified atom stereocenters. The Balaban J connectivity index is 2.43. The van der Waals surface area contributed by atoms with Crippen molar-refractivity contribution in [3.8, 4) is 0 Å². The highest BCUT2D eigenvalue weighted by Crippen LogP contribution is 2.20. The van der Waals surface area contributed by atoms with Crippen molar-refractivity contribution in [1.29, 1.82) is 0 Å². The molecule has 0 aromatic heterocycles. The lowest BCUT2D eigenvalue weighted by Gasteiger charge is -2.36. The van der Waals surface area contributed by atoms with Gasteiger partial charge in [0, 0.05) is 24.9 Å². The number of rotatable bonds is 4. The van der Waals surface area contributed by atoms with Crippen LogP contribution in [0.5, 0.6) is 0 Å². The van der Waals surface area contributed by atoms with E-state index in [-0.39, 0.29) is 5.75 Å². The normalized spacial score (nSPS) is 29.3. The maximum atomic E-state index is 11.4. The van der Waals surface area contributed by atoms with E-state index in [1.807, 2.05) is 0 Å². The maximum absolute atomic E-state index is 11.4. The molecule has 0 aromatic carbocycles. The van der Waals surface area contributed by atoms with Gasteiger partial charge in [-0.1, -0.05) is 13.8 Å². The molecule has 0 spiro atoms. The van der Waals surface area contributed by atoms with Crippen LogP contribution in [0, 0.1) is 5.92 Å². The number of piperidine rings is 1. The van der Waals surface area contributed by atoms with Crippen LogP contribution in [0.25, 0.3) is 0 Å². The minimum atomic E-state index is -2.80. The van der Waals surface area contributed by atoms with Crippen molar-refractivity contribution >= 4 is 9.84 Å². The van der Waals surface area contributed by atoms with E-state index < -0.39 is 9.84 Å². The molecule has 0 amide bonds. The fourth-order valence-electron chi connectivity index (χ4n) is 2.09. The topological polar surface area (TPSA) is 37.4 Å². The molecule has 15 heavy (non-hydrogen) atoms. The zero-order chi connectivity index (χ0) is 11.5. The van der Waals surface area contributed by atoms with Gasteiger partial charge >= 0.3 is 0 Å². The molecule has 1 rings (SSSR count). The highest BCUT2D eigenvalue weighted by molar-refractivity contribution is 7.91. The molecule has 0 radical (unpaired) electrons. The third-order valence-corrected chi connectivity index (χ3v) is 5.06. The van der Waals surface area contributed by atoms with Crippen molar-refractivity contribution in [3.63, 3.8) is 0 Å². The molecule has 0 bridgehead atoms. The van der Waals surface area contributed by atoms with Gasteiger partial charge in [-0.15, -0.1) is 0 Å². The summed E-state index contributed by atoms with van der Waals surface area (Å²) in [4.78, 5) is 2.32. The monoisotopic (exact) mass is 233 g/mol. The summed E-state index contributed by atoms with van der Waals surface area (Å²) in [6.07, 6.45) is 2.48. The lowest BCUT2D eigenvalue weighted by Crippen LogP contribution is -2.43. The van der Waals surface area contributed by atoms with Crippen LogP contribution in [-0.2, 0) is 9.84 Å². The first-order valence-electron chi connectivity index (χ1n) is 5.89. The van der Waals surface area contributed by atoms with E-state index in [4.69, 9.17) is 0 Å². The van der Waals surface area contributed by atoms with Crippen LogP contribution in [0.4, 0.5) is 0 Å². The maximum Gasteiger partial charge on any atom is 0.151 e. The average Bonchev–Trinajstić information content (AvgIpc) is 2.20. The van der Waals surface area contributed by atoms with Crippen molar-refractivity contribution in [2.24, 2.45) is 5.92 Å². The van der Waals surface area contributed by atoms with E-state index in [0.717, 1.165) is 6.54 Å². The third-order valence-electron chi connectivity index (χ3n) is 3.38. The highest BCUT2D eigenvalue weighted by atomic mass is 32.2. The standard InChI is InChI=1S/C11H23NO2S/c1-4-15(13,14)8-7-12-9-10(2)5-6-11(12)3/h10-11H,4-9H2,1-3H3/t10-,11-/m0/s1. The van der Waals surface area contributed by atoms with Gasteiger partial charge in [-0.3, -0.25) is 4.90 Å². The van der Waals surface area contributed by atoms with Crippen LogP contribution >= 0.6 is 0 Å². The summed E-state index contributed by atoms with van der Waals surface area (Å²) < 4.78 is 22.8. The molecule has 1 heterocycles. The van der Waals surface area contributed by atoms with Crippen molar-refractivity contribution in [3.05, 3.63) is 0 Å². The molecule has 0 saturated carbocycles. The first-order chi connectivity index (χ1) is 6.94. The molecule has 1 saturated heterocycles. The van der Waals surface area contributed by atoms with E-state index >= 15 is 0 Å². The van der Waals surface area contributed by atoms with Crippen LogP contribution in [0.2, 0.25) is 0 Å². The van der Waals surface area contributed by atoms with Crippen LogP contribution in [0.1, 0.15) is 33.6 Å². The molecule has 4 heteroatoms. The second-order valence-electron chi connectivity index (χ2n) is 4.76. The number of hydrogen-bond acceptors (Lipinski definition) is 3. The Morgan fingerprint density at radius 1 is 1.27 bits per heavy atom. The van der Waals surface area contributed by atoms with E-state index in [1.165, 1.54) is 12.8 Å². The minimum absolute atomic E-state index is 0.269. The van der Waals surface area contributed by atoms with E-state index in [2.05, 4.69) is 18.7 Å². The van der Waals surface area contributed by atoms with Gasteiger partial charge < -0.3 is 0 Å². The van der Waals surface area contributed by atoms with Gasteiger partial charge in [-0.2, -0.15) is 0 Å². The molecule has 1 fully saturated rings.